The summed E-state index contributed by atoms with van der Waals surface area (Å²) < 4.78 is 13.9. The van der Waals surface area contributed by atoms with Crippen molar-refractivity contribution in [1.82, 2.24) is 14.9 Å². The van der Waals surface area contributed by atoms with Crippen molar-refractivity contribution < 1.29 is 14.3 Å². The normalized spacial score (nSPS) is 21.4. The van der Waals surface area contributed by atoms with Crippen molar-refractivity contribution in [3.63, 3.8) is 0 Å². The topological polar surface area (TPSA) is 80.7 Å². The molecule has 0 radical (unpaired) electrons. The second-order valence-corrected chi connectivity index (χ2v) is 11.2. The second-order valence-electron chi connectivity index (χ2n) is 10.8. The highest BCUT2D eigenvalue weighted by atomic mass is 32.1. The van der Waals surface area contributed by atoms with Gasteiger partial charge in [-0.15, -0.1) is 0 Å². The van der Waals surface area contributed by atoms with E-state index >= 15 is 0 Å². The fourth-order valence-electron chi connectivity index (χ4n) is 5.05. The first-order valence-electron chi connectivity index (χ1n) is 13.0. The predicted molar refractivity (Wildman–Crippen MR) is 152 cm³/mol. The molecule has 2 N–H and O–H groups in total. The van der Waals surface area contributed by atoms with Gasteiger partial charge >= 0.3 is 0 Å². The summed E-state index contributed by atoms with van der Waals surface area (Å²) in [7, 11) is 1.60. The number of nitrogens with one attached hydrogen (secondary N) is 2. The van der Waals surface area contributed by atoms with Crippen molar-refractivity contribution in [1.29, 1.82) is 0 Å². The van der Waals surface area contributed by atoms with E-state index in [4.69, 9.17) is 21.7 Å². The number of aromatic nitrogens is 2. The monoisotopic (exact) mass is 533 g/mol. The van der Waals surface area contributed by atoms with Crippen molar-refractivity contribution >= 4 is 34.6 Å². The molecule has 3 atom stereocenters. The highest BCUT2D eigenvalue weighted by Crippen LogP contribution is 2.43. The van der Waals surface area contributed by atoms with E-state index in [-0.39, 0.29) is 24.1 Å². The minimum absolute atomic E-state index is 0.0815. The highest BCUT2D eigenvalue weighted by molar-refractivity contribution is 7.80. The molecule has 1 amide bonds. The summed E-state index contributed by atoms with van der Waals surface area (Å²) in [4.78, 5) is 19.4. The first kappa shape index (κ1) is 26.2. The van der Waals surface area contributed by atoms with Gasteiger partial charge in [-0.1, -0.05) is 26.8 Å². The number of thiocarbonyl (C=S) groups is 1. The van der Waals surface area contributed by atoms with Crippen LogP contribution in [0.3, 0.4) is 0 Å². The largest absolute Gasteiger partial charge is 0.494 e. The van der Waals surface area contributed by atoms with Gasteiger partial charge < -0.3 is 29.6 Å². The molecule has 2 aromatic heterocycles. The third-order valence-electron chi connectivity index (χ3n) is 7.08. The first-order valence-corrected chi connectivity index (χ1v) is 13.4. The minimum Gasteiger partial charge on any atom is -0.494 e. The summed E-state index contributed by atoms with van der Waals surface area (Å²) in [6, 6.07) is 15.6. The smallest absolute Gasteiger partial charge is 0.229 e. The number of amides is 1. The van der Waals surface area contributed by atoms with Crippen molar-refractivity contribution in [3.8, 4) is 5.75 Å². The molecule has 0 saturated carbocycles. The van der Waals surface area contributed by atoms with Crippen LogP contribution in [0.2, 0.25) is 0 Å². The van der Waals surface area contributed by atoms with Gasteiger partial charge in [-0.3, -0.25) is 9.78 Å². The number of carbonyl (C=O) groups excluding carboxylic acids is 1. The number of rotatable bonds is 7. The van der Waals surface area contributed by atoms with Gasteiger partial charge in [-0.05, 0) is 61.5 Å². The Hall–Kier alpha value is -3.43. The van der Waals surface area contributed by atoms with E-state index in [0.717, 1.165) is 43.1 Å². The molecule has 38 heavy (non-hydrogen) atoms. The quantitative estimate of drug-likeness (QED) is 0.403. The van der Waals surface area contributed by atoms with Crippen LogP contribution >= 0.6 is 12.2 Å². The van der Waals surface area contributed by atoms with Gasteiger partial charge in [0.15, 0.2) is 5.11 Å². The fourth-order valence-corrected chi connectivity index (χ4v) is 5.39. The molecule has 3 aromatic rings. The van der Waals surface area contributed by atoms with Crippen LogP contribution in [0, 0.1) is 5.41 Å². The number of methoxy groups -OCH3 is 1. The maximum atomic E-state index is 12.7. The van der Waals surface area contributed by atoms with Gasteiger partial charge in [-0.2, -0.15) is 0 Å². The summed E-state index contributed by atoms with van der Waals surface area (Å²) in [6.07, 6.45) is 6.27. The Morgan fingerprint density at radius 2 is 2.08 bits per heavy atom. The number of hydrogen-bond acceptors (Lipinski definition) is 5. The Morgan fingerprint density at radius 1 is 1.24 bits per heavy atom. The van der Waals surface area contributed by atoms with E-state index in [1.54, 1.807) is 13.3 Å². The van der Waals surface area contributed by atoms with Gasteiger partial charge in [0.2, 0.25) is 5.91 Å². The number of nitrogens with zero attached hydrogens (tertiary/aromatic N) is 3. The lowest BCUT2D eigenvalue weighted by Crippen LogP contribution is -2.31. The molecule has 0 spiro atoms. The molecule has 2 aliphatic rings. The van der Waals surface area contributed by atoms with E-state index in [1.165, 1.54) is 0 Å². The van der Waals surface area contributed by atoms with Gasteiger partial charge in [0.05, 0.1) is 30.6 Å². The molecule has 0 aliphatic carbocycles. The van der Waals surface area contributed by atoms with Crippen LogP contribution in [-0.4, -0.2) is 40.4 Å². The number of anilines is 2. The zero-order chi connectivity index (χ0) is 26.9. The van der Waals surface area contributed by atoms with E-state index < -0.39 is 5.41 Å². The van der Waals surface area contributed by atoms with E-state index in [9.17, 15) is 4.79 Å². The number of benzene rings is 1. The lowest BCUT2D eigenvalue weighted by Gasteiger charge is -2.30. The highest BCUT2D eigenvalue weighted by Gasteiger charge is 2.42. The van der Waals surface area contributed by atoms with Gasteiger partial charge in [0.1, 0.15) is 11.8 Å². The van der Waals surface area contributed by atoms with Crippen LogP contribution < -0.4 is 20.3 Å². The number of pyridine rings is 1. The van der Waals surface area contributed by atoms with Crippen molar-refractivity contribution in [3.05, 3.63) is 72.3 Å². The summed E-state index contributed by atoms with van der Waals surface area (Å²) in [6.45, 7) is 7.25. The molecule has 1 aromatic carbocycles. The Bertz CT molecular complexity index is 1300. The van der Waals surface area contributed by atoms with Crippen molar-refractivity contribution in [2.45, 2.75) is 58.3 Å². The number of ether oxygens (including phenoxy) is 2. The lowest BCUT2D eigenvalue weighted by atomic mass is 9.95. The third-order valence-corrected chi connectivity index (χ3v) is 7.40. The van der Waals surface area contributed by atoms with Crippen LogP contribution in [0.25, 0.3) is 0 Å². The molecule has 9 heteroatoms. The van der Waals surface area contributed by atoms with Crippen molar-refractivity contribution in [2.75, 3.05) is 23.9 Å². The predicted octanol–water partition coefficient (Wildman–Crippen LogP) is 5.23. The minimum atomic E-state index is -0.528. The van der Waals surface area contributed by atoms with Crippen LogP contribution in [0.4, 0.5) is 11.4 Å². The SMILES string of the molecule is COc1cc(N2C(=S)N[C@H](c3ccccn3)[C@@H]2c2cccn2C[C@@H]2CCCO2)ccc1NC(=O)C(C)(C)C. The molecule has 0 unspecified atom stereocenters. The van der Waals surface area contributed by atoms with E-state index in [2.05, 4.69) is 43.4 Å². The summed E-state index contributed by atoms with van der Waals surface area (Å²) >= 11 is 5.91. The molecule has 4 heterocycles. The molecule has 2 aliphatic heterocycles. The molecule has 8 nitrogen and oxygen atoms in total. The van der Waals surface area contributed by atoms with Crippen LogP contribution in [0.15, 0.2) is 60.9 Å². The van der Waals surface area contributed by atoms with Crippen molar-refractivity contribution in [2.24, 2.45) is 5.41 Å². The lowest BCUT2D eigenvalue weighted by molar-refractivity contribution is -0.123. The molecular formula is C29H35N5O3S. The van der Waals surface area contributed by atoms with E-state index in [0.29, 0.717) is 16.5 Å². The zero-order valence-corrected chi connectivity index (χ0v) is 23.1. The van der Waals surface area contributed by atoms with Crippen LogP contribution in [0.1, 0.15) is 57.1 Å². The van der Waals surface area contributed by atoms with Crippen LogP contribution in [0.5, 0.6) is 5.75 Å². The fraction of sp³-hybridized carbons (Fsp3) is 0.414. The molecule has 200 valence electrons. The summed E-state index contributed by atoms with van der Waals surface area (Å²) in [5.74, 6) is 0.486. The first-order chi connectivity index (χ1) is 18.3. The van der Waals surface area contributed by atoms with Gasteiger partial charge in [0, 0.05) is 48.4 Å². The average molecular weight is 534 g/mol. The summed E-state index contributed by atoms with van der Waals surface area (Å²) in [5, 5.41) is 7.12. The Balaban J connectivity index is 1.54. The maximum Gasteiger partial charge on any atom is 0.229 e. The zero-order valence-electron chi connectivity index (χ0n) is 22.3. The molecular weight excluding hydrogens is 498 g/mol. The Morgan fingerprint density at radius 3 is 2.76 bits per heavy atom. The van der Waals surface area contributed by atoms with Crippen LogP contribution in [-0.2, 0) is 16.1 Å². The summed E-state index contributed by atoms with van der Waals surface area (Å²) in [5.41, 5.74) is 2.98. The molecule has 5 rings (SSSR count). The third kappa shape index (κ3) is 5.26. The Labute approximate surface area is 229 Å². The number of hydrogen-bond donors (Lipinski definition) is 2. The molecule has 0 bridgehead atoms. The molecule has 2 fully saturated rings. The standard InChI is InChI=1S/C29H35N5O3S/c1-29(2,3)27(35)31-21-13-12-19(17-24(21)36-4)34-26(25(32-28(34)38)22-10-5-6-14-30-22)23-11-7-15-33(23)18-20-9-8-16-37-20/h5-7,10-15,17,20,25-26H,8-9,16,18H2,1-4H3,(H,31,35)(H,32,38)/t20-,25+,26-/m0/s1. The number of carbonyl (C=O) groups is 1. The van der Waals surface area contributed by atoms with E-state index in [1.807, 2.05) is 57.2 Å². The van der Waals surface area contributed by atoms with Gasteiger partial charge in [0.25, 0.3) is 0 Å². The second kappa shape index (κ2) is 10.7. The molecule has 2 saturated heterocycles. The van der Waals surface area contributed by atoms with Gasteiger partial charge in [-0.25, -0.2) is 0 Å². The maximum absolute atomic E-state index is 12.7. The Kier molecular flexibility index (Phi) is 7.40. The average Bonchev–Trinajstić information content (AvgIpc) is 3.65.